The summed E-state index contributed by atoms with van der Waals surface area (Å²) in [6, 6.07) is 3.60. The largest absolute Gasteiger partial charge is 0.356 e. The predicted octanol–water partition coefficient (Wildman–Crippen LogP) is 0.756. The average Bonchev–Trinajstić information content (AvgIpc) is 2.70. The maximum atomic E-state index is 11.6. The van der Waals surface area contributed by atoms with Crippen molar-refractivity contribution in [3.63, 3.8) is 0 Å². The van der Waals surface area contributed by atoms with E-state index >= 15 is 0 Å². The molecule has 80 valence electrons. The molecule has 0 aliphatic carbocycles. The molecule has 5 heteroatoms. The lowest BCUT2D eigenvalue weighted by Gasteiger charge is -2.22. The molecule has 2 N–H and O–H groups in total. The molecule has 1 aliphatic rings. The van der Waals surface area contributed by atoms with E-state index in [2.05, 4.69) is 10.6 Å². The minimum Gasteiger partial charge on any atom is -0.356 e. The maximum absolute atomic E-state index is 11.6. The van der Waals surface area contributed by atoms with Crippen molar-refractivity contribution in [2.45, 2.75) is 18.9 Å². The quantitative estimate of drug-likeness (QED) is 0.779. The Bertz CT molecular complexity index is 362. The van der Waals surface area contributed by atoms with Gasteiger partial charge in [0.1, 0.15) is 0 Å². The van der Waals surface area contributed by atoms with Crippen molar-refractivity contribution in [3.05, 3.63) is 22.4 Å². The molecule has 1 saturated heterocycles. The van der Waals surface area contributed by atoms with E-state index in [9.17, 15) is 9.59 Å². The first-order valence-electron chi connectivity index (χ1n) is 4.87. The Hall–Kier alpha value is -1.36. The molecule has 1 fully saturated rings. The first-order chi connectivity index (χ1) is 7.25. The van der Waals surface area contributed by atoms with Gasteiger partial charge in [0.2, 0.25) is 5.91 Å². The van der Waals surface area contributed by atoms with Crippen molar-refractivity contribution in [2.24, 2.45) is 0 Å². The van der Waals surface area contributed by atoms with Crippen molar-refractivity contribution >= 4 is 23.2 Å². The third kappa shape index (κ3) is 2.56. The summed E-state index contributed by atoms with van der Waals surface area (Å²) >= 11 is 1.41. The second kappa shape index (κ2) is 4.44. The second-order valence-electron chi connectivity index (χ2n) is 3.49. The number of hydrogen-bond donors (Lipinski definition) is 2. The Morgan fingerprint density at radius 3 is 3.13 bits per heavy atom. The lowest BCUT2D eigenvalue weighted by atomic mass is 10.1. The van der Waals surface area contributed by atoms with E-state index in [1.54, 1.807) is 6.07 Å². The van der Waals surface area contributed by atoms with Crippen molar-refractivity contribution in [1.82, 2.24) is 10.6 Å². The molecule has 0 spiro atoms. The summed E-state index contributed by atoms with van der Waals surface area (Å²) in [6.07, 6.45) is 1.19. The normalized spacial score (nSPS) is 20.8. The van der Waals surface area contributed by atoms with Crippen LogP contribution in [0.2, 0.25) is 0 Å². The van der Waals surface area contributed by atoms with Crippen molar-refractivity contribution in [2.75, 3.05) is 6.54 Å². The van der Waals surface area contributed by atoms with E-state index in [4.69, 9.17) is 0 Å². The number of rotatable bonds is 2. The fourth-order valence-electron chi connectivity index (χ4n) is 1.57. The smallest absolute Gasteiger partial charge is 0.261 e. The molecule has 0 saturated carbocycles. The molecule has 1 unspecified atom stereocenters. The number of carbonyl (C=O) groups is 2. The minimum absolute atomic E-state index is 0.0118. The van der Waals surface area contributed by atoms with Crippen molar-refractivity contribution in [3.8, 4) is 0 Å². The van der Waals surface area contributed by atoms with Crippen molar-refractivity contribution in [1.29, 1.82) is 0 Å². The standard InChI is InChI=1S/C10H12N2O2S/c13-9-6-7(3-4-11-9)12-10(14)8-2-1-5-15-8/h1-2,5,7H,3-4,6H2,(H,11,13)(H,12,14). The molecule has 0 aromatic carbocycles. The Labute approximate surface area is 91.7 Å². The fourth-order valence-corrected chi connectivity index (χ4v) is 2.20. The van der Waals surface area contributed by atoms with Crippen LogP contribution in [0.5, 0.6) is 0 Å². The highest BCUT2D eigenvalue weighted by Gasteiger charge is 2.21. The van der Waals surface area contributed by atoms with Crippen LogP contribution >= 0.6 is 11.3 Å². The van der Waals surface area contributed by atoms with E-state index in [1.165, 1.54) is 11.3 Å². The first-order valence-corrected chi connectivity index (χ1v) is 5.75. The molecule has 2 rings (SSSR count). The molecule has 0 bridgehead atoms. The van der Waals surface area contributed by atoms with Crippen LogP contribution in [-0.2, 0) is 4.79 Å². The van der Waals surface area contributed by atoms with Gasteiger partial charge in [0, 0.05) is 19.0 Å². The van der Waals surface area contributed by atoms with Gasteiger partial charge in [0.25, 0.3) is 5.91 Å². The summed E-state index contributed by atoms with van der Waals surface area (Å²) in [7, 11) is 0. The number of hydrogen-bond acceptors (Lipinski definition) is 3. The van der Waals surface area contributed by atoms with Gasteiger partial charge in [-0.1, -0.05) is 6.07 Å². The van der Waals surface area contributed by atoms with Crippen LogP contribution in [-0.4, -0.2) is 24.4 Å². The lowest BCUT2D eigenvalue weighted by molar-refractivity contribution is -0.122. The SMILES string of the molecule is O=C1CC(NC(=O)c2cccs2)CCN1. The highest BCUT2D eigenvalue weighted by atomic mass is 32.1. The van der Waals surface area contributed by atoms with Gasteiger partial charge in [-0.25, -0.2) is 0 Å². The maximum Gasteiger partial charge on any atom is 0.261 e. The van der Waals surface area contributed by atoms with E-state index in [1.807, 2.05) is 11.4 Å². The summed E-state index contributed by atoms with van der Waals surface area (Å²) in [5.74, 6) is -0.0672. The zero-order valence-corrected chi connectivity index (χ0v) is 8.97. The average molecular weight is 224 g/mol. The summed E-state index contributed by atoms with van der Waals surface area (Å²) in [5.41, 5.74) is 0. The Morgan fingerprint density at radius 2 is 2.47 bits per heavy atom. The molecule has 0 radical (unpaired) electrons. The van der Waals surface area contributed by atoms with Gasteiger partial charge in [-0.2, -0.15) is 0 Å². The number of piperidine rings is 1. The van der Waals surface area contributed by atoms with E-state index < -0.39 is 0 Å². The van der Waals surface area contributed by atoms with Gasteiger partial charge in [-0.15, -0.1) is 11.3 Å². The topological polar surface area (TPSA) is 58.2 Å². The molecular weight excluding hydrogens is 212 g/mol. The molecule has 2 heterocycles. The van der Waals surface area contributed by atoms with Gasteiger partial charge in [0.05, 0.1) is 4.88 Å². The molecule has 1 aliphatic heterocycles. The van der Waals surface area contributed by atoms with E-state index in [0.717, 1.165) is 6.42 Å². The van der Waals surface area contributed by atoms with Gasteiger partial charge < -0.3 is 10.6 Å². The fraction of sp³-hybridized carbons (Fsp3) is 0.400. The molecule has 2 amide bonds. The van der Waals surface area contributed by atoms with Crippen LogP contribution in [0, 0.1) is 0 Å². The zero-order chi connectivity index (χ0) is 10.7. The van der Waals surface area contributed by atoms with Crippen LogP contribution in [0.25, 0.3) is 0 Å². The highest BCUT2D eigenvalue weighted by molar-refractivity contribution is 7.12. The van der Waals surface area contributed by atoms with Crippen LogP contribution in [0.1, 0.15) is 22.5 Å². The zero-order valence-electron chi connectivity index (χ0n) is 8.16. The number of thiophene rings is 1. The summed E-state index contributed by atoms with van der Waals surface area (Å²) in [6.45, 7) is 0.647. The molecule has 1 atom stereocenters. The second-order valence-corrected chi connectivity index (χ2v) is 4.44. The third-order valence-corrected chi connectivity index (χ3v) is 3.20. The summed E-state index contributed by atoms with van der Waals surface area (Å²) < 4.78 is 0. The molecule has 1 aromatic rings. The Kier molecular flexibility index (Phi) is 3.01. The number of nitrogens with one attached hydrogen (secondary N) is 2. The summed E-state index contributed by atoms with van der Waals surface area (Å²) in [4.78, 5) is 23.4. The molecular formula is C10H12N2O2S. The van der Waals surface area contributed by atoms with E-state index in [0.29, 0.717) is 17.8 Å². The third-order valence-electron chi connectivity index (χ3n) is 2.33. The highest BCUT2D eigenvalue weighted by Crippen LogP contribution is 2.10. The Balaban J connectivity index is 1.91. The van der Waals surface area contributed by atoms with Gasteiger partial charge in [-0.05, 0) is 17.9 Å². The van der Waals surface area contributed by atoms with Gasteiger partial charge >= 0.3 is 0 Å². The van der Waals surface area contributed by atoms with Crippen LogP contribution in [0.15, 0.2) is 17.5 Å². The first kappa shape index (κ1) is 10.2. The predicted molar refractivity (Wildman–Crippen MR) is 57.8 cm³/mol. The molecule has 15 heavy (non-hydrogen) atoms. The van der Waals surface area contributed by atoms with E-state index in [-0.39, 0.29) is 17.9 Å². The van der Waals surface area contributed by atoms with Crippen molar-refractivity contribution < 1.29 is 9.59 Å². The minimum atomic E-state index is -0.0790. The Morgan fingerprint density at radius 1 is 1.60 bits per heavy atom. The van der Waals surface area contributed by atoms with Crippen LogP contribution in [0.4, 0.5) is 0 Å². The molecule has 4 nitrogen and oxygen atoms in total. The lowest BCUT2D eigenvalue weighted by Crippen LogP contribution is -2.45. The summed E-state index contributed by atoms with van der Waals surface area (Å²) in [5, 5.41) is 7.46. The number of carbonyl (C=O) groups excluding carboxylic acids is 2. The van der Waals surface area contributed by atoms with Gasteiger partial charge in [-0.3, -0.25) is 9.59 Å². The van der Waals surface area contributed by atoms with Crippen LogP contribution in [0.3, 0.4) is 0 Å². The van der Waals surface area contributed by atoms with Crippen LogP contribution < -0.4 is 10.6 Å². The van der Waals surface area contributed by atoms with Gasteiger partial charge in [0.15, 0.2) is 0 Å². The monoisotopic (exact) mass is 224 g/mol. The molecule has 1 aromatic heterocycles. The number of amides is 2.